The van der Waals surface area contributed by atoms with Crippen LogP contribution in [-0.4, -0.2) is 94.3 Å². The molecule has 0 radical (unpaired) electrons. The number of carbonyl (C=O) groups is 4. The Kier molecular flexibility index (Phi) is 14.6. The normalized spacial score (nSPS) is 13.9. The largest absolute Gasteiger partial charge is 0.508 e. The van der Waals surface area contributed by atoms with Crippen LogP contribution in [0.5, 0.6) is 5.75 Å². The predicted octanol–water partition coefficient (Wildman–Crippen LogP) is -2.40. The highest BCUT2D eigenvalue weighted by atomic mass is 32.2. The molecule has 4 unspecified atom stereocenters. The Balaban J connectivity index is 2.98. The Bertz CT molecular complexity index is 958. The van der Waals surface area contributed by atoms with Crippen LogP contribution >= 0.6 is 11.8 Å². The van der Waals surface area contributed by atoms with Gasteiger partial charge in [-0.25, -0.2) is 4.79 Å². The van der Waals surface area contributed by atoms with Gasteiger partial charge in [0.05, 0.1) is 12.6 Å². The van der Waals surface area contributed by atoms with E-state index in [9.17, 15) is 29.4 Å². The second kappa shape index (κ2) is 17.0. The molecule has 14 nitrogen and oxygen atoms in total. The van der Waals surface area contributed by atoms with E-state index >= 15 is 0 Å². The van der Waals surface area contributed by atoms with Crippen LogP contribution in [0, 0.1) is 0 Å². The van der Waals surface area contributed by atoms with Gasteiger partial charge in [0.15, 0.2) is 5.96 Å². The summed E-state index contributed by atoms with van der Waals surface area (Å²) in [4.78, 5) is 53.7. The van der Waals surface area contributed by atoms with Crippen LogP contribution in [0.3, 0.4) is 0 Å². The molecule has 38 heavy (non-hydrogen) atoms. The van der Waals surface area contributed by atoms with E-state index in [1.165, 1.54) is 23.9 Å². The number of benzene rings is 1. The first-order valence-electron chi connectivity index (χ1n) is 11.8. The van der Waals surface area contributed by atoms with Crippen LogP contribution in [0.1, 0.15) is 24.8 Å². The lowest BCUT2D eigenvalue weighted by Gasteiger charge is -2.25. The van der Waals surface area contributed by atoms with E-state index in [0.29, 0.717) is 17.7 Å². The number of nitrogens with one attached hydrogen (secondary N) is 3. The summed E-state index contributed by atoms with van der Waals surface area (Å²) in [6.45, 7) is -0.638. The predicted molar refractivity (Wildman–Crippen MR) is 143 cm³/mol. The van der Waals surface area contributed by atoms with Gasteiger partial charge in [-0.2, -0.15) is 11.8 Å². The van der Waals surface area contributed by atoms with Crippen LogP contribution in [0.4, 0.5) is 0 Å². The van der Waals surface area contributed by atoms with Crippen molar-refractivity contribution in [2.24, 2.45) is 22.2 Å². The van der Waals surface area contributed by atoms with Gasteiger partial charge in [-0.1, -0.05) is 12.1 Å². The highest BCUT2D eigenvalue weighted by Gasteiger charge is 2.30. The smallest absolute Gasteiger partial charge is 0.328 e. The number of phenolic OH excluding ortho intramolecular Hbond substituents is 1. The molecule has 0 aromatic heterocycles. The number of aliphatic hydroxyl groups excluding tert-OH is 1. The van der Waals surface area contributed by atoms with Crippen LogP contribution < -0.4 is 33.2 Å². The lowest BCUT2D eigenvalue weighted by Crippen LogP contribution is -2.57. The van der Waals surface area contributed by atoms with Crippen molar-refractivity contribution in [2.75, 3.05) is 25.2 Å². The average molecular weight is 556 g/mol. The number of aliphatic hydroxyl groups is 1. The number of carbonyl (C=O) groups excluding carboxylic acids is 3. The van der Waals surface area contributed by atoms with Crippen molar-refractivity contribution < 1.29 is 34.5 Å². The molecule has 1 rings (SSSR count). The zero-order chi connectivity index (χ0) is 28.7. The van der Waals surface area contributed by atoms with Gasteiger partial charge in [-0.15, -0.1) is 0 Å². The summed E-state index contributed by atoms with van der Waals surface area (Å²) in [5.74, 6) is -3.11. The first-order chi connectivity index (χ1) is 18.0. The van der Waals surface area contributed by atoms with Gasteiger partial charge in [0.25, 0.3) is 0 Å². The number of phenols is 1. The molecule has 15 heteroatoms. The highest BCUT2D eigenvalue weighted by Crippen LogP contribution is 2.11. The van der Waals surface area contributed by atoms with Gasteiger partial charge in [-0.05, 0) is 55.4 Å². The Labute approximate surface area is 224 Å². The molecule has 1 aromatic rings. The van der Waals surface area contributed by atoms with Crippen molar-refractivity contribution in [1.82, 2.24) is 16.0 Å². The standard InChI is InChI=1S/C23H37N7O7S/c1-38-10-8-17(21(35)30-18(12-31)22(36)37)29-20(34)16(3-2-9-27-23(25)26)28-19(33)15(24)11-13-4-6-14(32)7-5-13/h4-7,15-18,31-32H,2-3,8-12,24H2,1H3,(H,28,33)(H,29,34)(H,30,35)(H,36,37)(H4,25,26,27). The van der Waals surface area contributed by atoms with Gasteiger partial charge in [-0.3, -0.25) is 19.4 Å². The number of carboxylic acid groups (broad SMARTS) is 1. The second-order valence-corrected chi connectivity index (χ2v) is 9.40. The van der Waals surface area contributed by atoms with Gasteiger partial charge in [0.2, 0.25) is 17.7 Å². The number of rotatable bonds is 17. The Morgan fingerprint density at radius 2 is 1.50 bits per heavy atom. The fraction of sp³-hybridized carbons (Fsp3) is 0.522. The van der Waals surface area contributed by atoms with E-state index in [1.807, 2.05) is 0 Å². The maximum Gasteiger partial charge on any atom is 0.328 e. The van der Waals surface area contributed by atoms with Crippen molar-refractivity contribution in [3.05, 3.63) is 29.8 Å². The van der Waals surface area contributed by atoms with E-state index in [1.54, 1.807) is 18.4 Å². The van der Waals surface area contributed by atoms with E-state index in [-0.39, 0.29) is 37.5 Å². The number of guanidine groups is 1. The number of amides is 3. The molecule has 0 saturated carbocycles. The van der Waals surface area contributed by atoms with Crippen molar-refractivity contribution in [1.29, 1.82) is 0 Å². The third kappa shape index (κ3) is 12.1. The molecule has 0 aliphatic carbocycles. The first-order valence-corrected chi connectivity index (χ1v) is 13.2. The molecule has 0 aliphatic rings. The molecule has 1 aromatic carbocycles. The fourth-order valence-electron chi connectivity index (χ4n) is 3.26. The Morgan fingerprint density at radius 3 is 2.03 bits per heavy atom. The fourth-order valence-corrected chi connectivity index (χ4v) is 3.74. The minimum atomic E-state index is -1.54. The number of aliphatic carboxylic acids is 1. The van der Waals surface area contributed by atoms with Crippen molar-refractivity contribution in [3.63, 3.8) is 0 Å². The number of nitrogens with two attached hydrogens (primary N) is 3. The molecule has 0 spiro atoms. The van der Waals surface area contributed by atoms with Crippen molar-refractivity contribution >= 4 is 41.4 Å². The quantitative estimate of drug-likeness (QED) is 0.0556. The monoisotopic (exact) mass is 555 g/mol. The van der Waals surface area contributed by atoms with Gasteiger partial charge >= 0.3 is 5.97 Å². The Morgan fingerprint density at radius 1 is 0.947 bits per heavy atom. The van der Waals surface area contributed by atoms with Crippen LogP contribution in [-0.2, 0) is 25.6 Å². The van der Waals surface area contributed by atoms with Gasteiger partial charge < -0.3 is 48.5 Å². The number of hydrogen-bond acceptors (Lipinski definition) is 9. The molecule has 4 atom stereocenters. The number of aliphatic imine (C=N–C) groups is 1. The molecule has 0 heterocycles. The summed E-state index contributed by atoms with van der Waals surface area (Å²) < 4.78 is 0. The topological polar surface area (TPSA) is 255 Å². The highest BCUT2D eigenvalue weighted by molar-refractivity contribution is 7.98. The summed E-state index contributed by atoms with van der Waals surface area (Å²) in [5.41, 5.74) is 17.4. The third-order valence-corrected chi connectivity index (χ3v) is 5.99. The van der Waals surface area contributed by atoms with Gasteiger partial charge in [0.1, 0.15) is 23.9 Å². The average Bonchev–Trinajstić information content (AvgIpc) is 2.87. The van der Waals surface area contributed by atoms with Crippen LogP contribution in [0.15, 0.2) is 29.3 Å². The Hall–Kier alpha value is -3.56. The SMILES string of the molecule is CSCCC(NC(=O)C(CCCN=C(N)N)NC(=O)C(N)Cc1ccc(O)cc1)C(=O)NC(CO)C(=O)O. The summed E-state index contributed by atoms with van der Waals surface area (Å²) in [6.07, 6.45) is 2.55. The molecular weight excluding hydrogens is 518 g/mol. The molecular formula is C23H37N7O7S. The van der Waals surface area contributed by atoms with E-state index < -0.39 is 54.5 Å². The van der Waals surface area contributed by atoms with Gasteiger partial charge in [0, 0.05) is 6.54 Å². The molecule has 0 bridgehead atoms. The third-order valence-electron chi connectivity index (χ3n) is 5.35. The van der Waals surface area contributed by atoms with E-state index in [0.717, 1.165) is 0 Å². The molecule has 0 aliphatic heterocycles. The maximum absolute atomic E-state index is 13.2. The second-order valence-electron chi connectivity index (χ2n) is 8.41. The maximum atomic E-state index is 13.2. The number of thioether (sulfide) groups is 1. The van der Waals surface area contributed by atoms with E-state index in [2.05, 4.69) is 20.9 Å². The summed E-state index contributed by atoms with van der Waals surface area (Å²) >= 11 is 1.41. The number of aromatic hydroxyl groups is 1. The van der Waals surface area contributed by atoms with Crippen molar-refractivity contribution in [2.45, 2.75) is 49.9 Å². The van der Waals surface area contributed by atoms with E-state index in [4.69, 9.17) is 22.3 Å². The summed E-state index contributed by atoms with van der Waals surface area (Å²) in [5, 5.41) is 35.1. The summed E-state index contributed by atoms with van der Waals surface area (Å²) in [7, 11) is 0. The number of hydrogen-bond donors (Lipinski definition) is 9. The molecule has 12 N–H and O–H groups in total. The zero-order valence-electron chi connectivity index (χ0n) is 21.1. The number of carboxylic acids is 1. The van der Waals surface area contributed by atoms with Crippen molar-refractivity contribution in [3.8, 4) is 5.75 Å². The summed E-state index contributed by atoms with van der Waals surface area (Å²) in [6, 6.07) is 1.40. The molecule has 0 saturated heterocycles. The number of nitrogens with zero attached hydrogens (tertiary/aromatic N) is 1. The first kappa shape index (κ1) is 32.5. The minimum Gasteiger partial charge on any atom is -0.508 e. The zero-order valence-corrected chi connectivity index (χ0v) is 21.9. The molecule has 212 valence electrons. The van der Waals surface area contributed by atoms with Crippen LogP contribution in [0.25, 0.3) is 0 Å². The lowest BCUT2D eigenvalue weighted by molar-refractivity contribution is -0.143. The minimum absolute atomic E-state index is 0.0676. The molecule has 3 amide bonds. The van der Waals surface area contributed by atoms with Crippen LogP contribution in [0.2, 0.25) is 0 Å². The molecule has 0 fully saturated rings. The lowest BCUT2D eigenvalue weighted by atomic mass is 10.0.